The lowest BCUT2D eigenvalue weighted by Crippen LogP contribution is -2.02. The monoisotopic (exact) mass is 352 g/mol. The summed E-state index contributed by atoms with van der Waals surface area (Å²) >= 11 is 0. The van der Waals surface area contributed by atoms with Gasteiger partial charge in [0, 0.05) is 16.7 Å². The zero-order chi connectivity index (χ0) is 19.0. The number of benzene rings is 3. The SMILES string of the molecule is CCc1ccccc1C1=C(c2ccccc2CC)c2cc(C)ccc2C1=O. The van der Waals surface area contributed by atoms with Crippen LogP contribution >= 0.6 is 0 Å². The van der Waals surface area contributed by atoms with Crippen molar-refractivity contribution in [3.8, 4) is 0 Å². The maximum absolute atomic E-state index is 13.5. The average molecular weight is 352 g/mol. The predicted octanol–water partition coefficient (Wildman–Crippen LogP) is 6.28. The highest BCUT2D eigenvalue weighted by Crippen LogP contribution is 2.44. The number of fused-ring (bicyclic) bond motifs is 1. The second-order valence-electron chi connectivity index (χ2n) is 7.15. The first-order chi connectivity index (χ1) is 13.2. The molecule has 3 aromatic rings. The van der Waals surface area contributed by atoms with E-state index in [4.69, 9.17) is 0 Å². The van der Waals surface area contributed by atoms with E-state index < -0.39 is 0 Å². The van der Waals surface area contributed by atoms with Crippen LogP contribution in [-0.4, -0.2) is 5.78 Å². The Morgan fingerprint density at radius 3 is 1.78 bits per heavy atom. The van der Waals surface area contributed by atoms with Crippen LogP contribution in [0, 0.1) is 6.92 Å². The zero-order valence-corrected chi connectivity index (χ0v) is 16.2. The number of aryl methyl sites for hydroxylation is 3. The van der Waals surface area contributed by atoms with E-state index in [-0.39, 0.29) is 5.78 Å². The van der Waals surface area contributed by atoms with Crippen LogP contribution in [0.25, 0.3) is 11.1 Å². The van der Waals surface area contributed by atoms with E-state index in [0.717, 1.165) is 40.7 Å². The van der Waals surface area contributed by atoms with Gasteiger partial charge in [-0.2, -0.15) is 0 Å². The molecule has 0 spiro atoms. The Hall–Kier alpha value is -2.93. The number of Topliss-reactive ketones (excluding diaryl/α,β-unsaturated/α-hetero) is 1. The summed E-state index contributed by atoms with van der Waals surface area (Å²) in [6, 6.07) is 23.0. The van der Waals surface area contributed by atoms with Crippen LogP contribution < -0.4 is 0 Å². The van der Waals surface area contributed by atoms with Crippen molar-refractivity contribution in [2.75, 3.05) is 0 Å². The molecule has 1 aliphatic rings. The molecular formula is C26H24O. The highest BCUT2D eigenvalue weighted by atomic mass is 16.1. The molecule has 3 aromatic carbocycles. The van der Waals surface area contributed by atoms with E-state index in [1.165, 1.54) is 22.3 Å². The molecule has 0 amide bonds. The molecule has 0 aliphatic heterocycles. The van der Waals surface area contributed by atoms with Crippen molar-refractivity contribution in [2.24, 2.45) is 0 Å². The molecule has 1 heteroatoms. The van der Waals surface area contributed by atoms with Crippen LogP contribution in [-0.2, 0) is 12.8 Å². The minimum absolute atomic E-state index is 0.145. The minimum Gasteiger partial charge on any atom is -0.289 e. The Morgan fingerprint density at radius 1 is 0.630 bits per heavy atom. The van der Waals surface area contributed by atoms with Gasteiger partial charge in [-0.3, -0.25) is 4.79 Å². The standard InChI is InChI=1S/C26H24O/c1-4-18-10-6-8-12-20(18)24-23-16-17(3)14-15-22(23)26(27)25(24)21-13-9-7-11-19(21)5-2/h6-16H,4-5H2,1-3H3. The molecule has 0 bridgehead atoms. The van der Waals surface area contributed by atoms with E-state index >= 15 is 0 Å². The number of carbonyl (C=O) groups excluding carboxylic acids is 1. The van der Waals surface area contributed by atoms with Gasteiger partial charge in [0.15, 0.2) is 5.78 Å². The van der Waals surface area contributed by atoms with Crippen LogP contribution in [0.3, 0.4) is 0 Å². The third kappa shape index (κ3) is 2.84. The van der Waals surface area contributed by atoms with Gasteiger partial charge in [-0.15, -0.1) is 0 Å². The molecule has 1 nitrogen and oxygen atoms in total. The third-order valence-corrected chi connectivity index (χ3v) is 5.50. The summed E-state index contributed by atoms with van der Waals surface area (Å²) in [5.41, 5.74) is 9.77. The van der Waals surface area contributed by atoms with Gasteiger partial charge < -0.3 is 0 Å². The fourth-order valence-electron chi connectivity index (χ4n) is 4.13. The van der Waals surface area contributed by atoms with Crippen molar-refractivity contribution in [2.45, 2.75) is 33.6 Å². The van der Waals surface area contributed by atoms with E-state index in [2.05, 4.69) is 69.3 Å². The molecule has 0 saturated heterocycles. The van der Waals surface area contributed by atoms with E-state index in [1.807, 2.05) is 18.2 Å². The van der Waals surface area contributed by atoms with Crippen LogP contribution in [0.5, 0.6) is 0 Å². The van der Waals surface area contributed by atoms with E-state index in [1.54, 1.807) is 0 Å². The van der Waals surface area contributed by atoms with Gasteiger partial charge in [0.2, 0.25) is 0 Å². The molecule has 4 rings (SSSR count). The Balaban J connectivity index is 2.10. The molecular weight excluding hydrogens is 328 g/mol. The third-order valence-electron chi connectivity index (χ3n) is 5.50. The van der Waals surface area contributed by atoms with Crippen molar-refractivity contribution in [1.82, 2.24) is 0 Å². The minimum atomic E-state index is 0.145. The van der Waals surface area contributed by atoms with Crippen LogP contribution in [0.1, 0.15) is 57.6 Å². The first kappa shape index (κ1) is 17.5. The second kappa shape index (κ2) is 7.00. The topological polar surface area (TPSA) is 17.1 Å². The van der Waals surface area contributed by atoms with Crippen LogP contribution in [0.15, 0.2) is 66.7 Å². The zero-order valence-electron chi connectivity index (χ0n) is 16.2. The maximum atomic E-state index is 13.5. The summed E-state index contributed by atoms with van der Waals surface area (Å²) < 4.78 is 0. The molecule has 134 valence electrons. The summed E-state index contributed by atoms with van der Waals surface area (Å²) in [7, 11) is 0. The fraction of sp³-hybridized carbons (Fsp3) is 0.192. The van der Waals surface area contributed by atoms with Gasteiger partial charge >= 0.3 is 0 Å². The maximum Gasteiger partial charge on any atom is 0.194 e. The summed E-state index contributed by atoms with van der Waals surface area (Å²) in [6.07, 6.45) is 1.85. The molecule has 1 aliphatic carbocycles. The number of hydrogen-bond acceptors (Lipinski definition) is 1. The van der Waals surface area contributed by atoms with Crippen LogP contribution in [0.4, 0.5) is 0 Å². The Labute approximate surface area is 161 Å². The first-order valence-electron chi connectivity index (χ1n) is 9.72. The molecule has 0 heterocycles. The van der Waals surface area contributed by atoms with Gasteiger partial charge in [-0.1, -0.05) is 86.1 Å². The fourth-order valence-corrected chi connectivity index (χ4v) is 4.13. The molecule has 0 fully saturated rings. The summed E-state index contributed by atoms with van der Waals surface area (Å²) in [6.45, 7) is 6.41. The Morgan fingerprint density at radius 2 is 1.19 bits per heavy atom. The normalized spacial score (nSPS) is 13.2. The lowest BCUT2D eigenvalue weighted by Gasteiger charge is -2.15. The van der Waals surface area contributed by atoms with Crippen molar-refractivity contribution < 1.29 is 4.79 Å². The molecule has 0 aromatic heterocycles. The highest BCUT2D eigenvalue weighted by Gasteiger charge is 2.32. The second-order valence-corrected chi connectivity index (χ2v) is 7.15. The predicted molar refractivity (Wildman–Crippen MR) is 113 cm³/mol. The average Bonchev–Trinajstić information content (AvgIpc) is 2.99. The molecule has 27 heavy (non-hydrogen) atoms. The lowest BCUT2D eigenvalue weighted by molar-refractivity contribution is 0.105. The Bertz CT molecular complexity index is 1070. The number of ketones is 1. The van der Waals surface area contributed by atoms with Crippen molar-refractivity contribution in [1.29, 1.82) is 0 Å². The molecule has 0 unspecified atom stereocenters. The van der Waals surface area contributed by atoms with Crippen molar-refractivity contribution in [3.63, 3.8) is 0 Å². The molecule has 0 saturated carbocycles. The summed E-state index contributed by atoms with van der Waals surface area (Å²) in [5.74, 6) is 0.145. The molecule has 0 N–H and O–H groups in total. The van der Waals surface area contributed by atoms with Gasteiger partial charge in [-0.25, -0.2) is 0 Å². The van der Waals surface area contributed by atoms with Gasteiger partial charge in [0.05, 0.1) is 0 Å². The quantitative estimate of drug-likeness (QED) is 0.540. The molecule has 0 radical (unpaired) electrons. The highest BCUT2D eigenvalue weighted by molar-refractivity contribution is 6.41. The van der Waals surface area contributed by atoms with Gasteiger partial charge in [0.1, 0.15) is 0 Å². The van der Waals surface area contributed by atoms with Gasteiger partial charge in [0.25, 0.3) is 0 Å². The van der Waals surface area contributed by atoms with Crippen molar-refractivity contribution in [3.05, 3.63) is 106 Å². The number of allylic oxidation sites excluding steroid dienone is 1. The first-order valence-corrected chi connectivity index (χ1v) is 9.72. The van der Waals surface area contributed by atoms with Gasteiger partial charge in [-0.05, 0) is 47.6 Å². The van der Waals surface area contributed by atoms with Crippen LogP contribution in [0.2, 0.25) is 0 Å². The number of rotatable bonds is 4. The number of carbonyl (C=O) groups is 1. The largest absolute Gasteiger partial charge is 0.289 e. The van der Waals surface area contributed by atoms with E-state index in [9.17, 15) is 4.79 Å². The van der Waals surface area contributed by atoms with E-state index in [0.29, 0.717) is 0 Å². The summed E-state index contributed by atoms with van der Waals surface area (Å²) in [5, 5.41) is 0. The molecule has 0 atom stereocenters. The lowest BCUT2D eigenvalue weighted by atomic mass is 9.88. The Kier molecular flexibility index (Phi) is 4.53. The number of hydrogen-bond donors (Lipinski definition) is 0. The smallest absolute Gasteiger partial charge is 0.194 e. The van der Waals surface area contributed by atoms with Crippen molar-refractivity contribution >= 4 is 16.9 Å². The summed E-state index contributed by atoms with van der Waals surface area (Å²) in [4.78, 5) is 13.5.